The van der Waals surface area contributed by atoms with Crippen LogP contribution in [0.4, 0.5) is 0 Å². The Morgan fingerprint density at radius 3 is 2.56 bits per heavy atom. The third kappa shape index (κ3) is 3.62. The van der Waals surface area contributed by atoms with Crippen LogP contribution in [-0.4, -0.2) is 17.3 Å². The highest BCUT2D eigenvalue weighted by Crippen LogP contribution is 2.17. The minimum atomic E-state index is -0.614. The predicted molar refractivity (Wildman–Crippen MR) is 68.5 cm³/mol. The second-order valence-corrected chi connectivity index (χ2v) is 4.81. The van der Waals surface area contributed by atoms with E-state index in [2.05, 4.69) is 37.4 Å². The van der Waals surface area contributed by atoms with E-state index in [4.69, 9.17) is 0 Å². The zero-order chi connectivity index (χ0) is 12.2. The van der Waals surface area contributed by atoms with Crippen molar-refractivity contribution in [1.82, 2.24) is 5.32 Å². The van der Waals surface area contributed by atoms with Crippen LogP contribution in [0.1, 0.15) is 44.4 Å². The van der Waals surface area contributed by atoms with Gasteiger partial charge in [-0.15, -0.1) is 0 Å². The van der Waals surface area contributed by atoms with Crippen LogP contribution < -0.4 is 5.32 Å². The SMILES string of the molecule is CCC(C)(O)CNC(C)c1ccccc1C. The van der Waals surface area contributed by atoms with E-state index in [9.17, 15) is 5.11 Å². The molecule has 1 aromatic rings. The van der Waals surface area contributed by atoms with Gasteiger partial charge < -0.3 is 10.4 Å². The molecule has 0 aliphatic carbocycles. The highest BCUT2D eigenvalue weighted by molar-refractivity contribution is 5.28. The Labute approximate surface area is 98.7 Å². The molecular formula is C14H23NO. The van der Waals surface area contributed by atoms with Gasteiger partial charge in [-0.25, -0.2) is 0 Å². The van der Waals surface area contributed by atoms with E-state index in [0.29, 0.717) is 6.54 Å². The smallest absolute Gasteiger partial charge is 0.0741 e. The number of hydrogen-bond acceptors (Lipinski definition) is 2. The monoisotopic (exact) mass is 221 g/mol. The van der Waals surface area contributed by atoms with Gasteiger partial charge >= 0.3 is 0 Å². The predicted octanol–water partition coefficient (Wildman–Crippen LogP) is 2.81. The quantitative estimate of drug-likeness (QED) is 0.801. The molecule has 0 amide bonds. The number of hydrogen-bond donors (Lipinski definition) is 2. The molecule has 2 atom stereocenters. The van der Waals surface area contributed by atoms with Crippen LogP contribution in [0.3, 0.4) is 0 Å². The van der Waals surface area contributed by atoms with E-state index >= 15 is 0 Å². The maximum atomic E-state index is 9.93. The van der Waals surface area contributed by atoms with Crippen molar-refractivity contribution >= 4 is 0 Å². The highest BCUT2D eigenvalue weighted by atomic mass is 16.3. The summed E-state index contributed by atoms with van der Waals surface area (Å²) < 4.78 is 0. The first-order valence-electron chi connectivity index (χ1n) is 5.97. The lowest BCUT2D eigenvalue weighted by Gasteiger charge is -2.25. The van der Waals surface area contributed by atoms with Crippen molar-refractivity contribution in [2.24, 2.45) is 0 Å². The molecule has 0 saturated carbocycles. The molecule has 1 rings (SSSR count). The van der Waals surface area contributed by atoms with Crippen molar-refractivity contribution in [2.75, 3.05) is 6.54 Å². The normalized spacial score (nSPS) is 16.8. The summed E-state index contributed by atoms with van der Waals surface area (Å²) in [5, 5.41) is 13.3. The molecule has 0 heterocycles. The van der Waals surface area contributed by atoms with Crippen molar-refractivity contribution in [3.63, 3.8) is 0 Å². The van der Waals surface area contributed by atoms with Gasteiger partial charge in [0, 0.05) is 12.6 Å². The van der Waals surface area contributed by atoms with Crippen molar-refractivity contribution in [3.8, 4) is 0 Å². The van der Waals surface area contributed by atoms with Crippen LogP contribution in [0.5, 0.6) is 0 Å². The highest BCUT2D eigenvalue weighted by Gasteiger charge is 2.18. The maximum absolute atomic E-state index is 9.93. The Kier molecular flexibility index (Phi) is 4.51. The Morgan fingerprint density at radius 1 is 1.38 bits per heavy atom. The summed E-state index contributed by atoms with van der Waals surface area (Å²) in [7, 11) is 0. The zero-order valence-corrected chi connectivity index (χ0v) is 10.7. The molecule has 0 radical (unpaired) electrons. The third-order valence-corrected chi connectivity index (χ3v) is 3.21. The van der Waals surface area contributed by atoms with Crippen LogP contribution in [0.2, 0.25) is 0 Å². The van der Waals surface area contributed by atoms with Gasteiger partial charge in [0.05, 0.1) is 5.60 Å². The Hall–Kier alpha value is -0.860. The summed E-state index contributed by atoms with van der Waals surface area (Å²) in [5.41, 5.74) is 1.98. The van der Waals surface area contributed by atoms with Gasteiger partial charge in [-0.2, -0.15) is 0 Å². The Bertz CT molecular complexity index is 333. The molecule has 2 unspecified atom stereocenters. The maximum Gasteiger partial charge on any atom is 0.0741 e. The van der Waals surface area contributed by atoms with Gasteiger partial charge in [0.25, 0.3) is 0 Å². The zero-order valence-electron chi connectivity index (χ0n) is 10.7. The lowest BCUT2D eigenvalue weighted by atomic mass is 10.00. The lowest BCUT2D eigenvalue weighted by molar-refractivity contribution is 0.0533. The fraction of sp³-hybridized carbons (Fsp3) is 0.571. The first-order valence-corrected chi connectivity index (χ1v) is 5.97. The van der Waals surface area contributed by atoms with E-state index in [1.165, 1.54) is 11.1 Å². The molecule has 0 aliphatic rings. The topological polar surface area (TPSA) is 32.3 Å². The molecule has 0 aliphatic heterocycles. The molecule has 1 aromatic carbocycles. The summed E-state index contributed by atoms with van der Waals surface area (Å²) in [5.74, 6) is 0. The van der Waals surface area contributed by atoms with Gasteiger partial charge in [0.1, 0.15) is 0 Å². The van der Waals surface area contributed by atoms with Crippen molar-refractivity contribution < 1.29 is 5.11 Å². The molecule has 2 heteroatoms. The molecule has 2 nitrogen and oxygen atoms in total. The number of rotatable bonds is 5. The molecule has 0 spiro atoms. The summed E-state index contributed by atoms with van der Waals surface area (Å²) in [6, 6.07) is 8.63. The average molecular weight is 221 g/mol. The van der Waals surface area contributed by atoms with E-state index in [1.807, 2.05) is 19.9 Å². The van der Waals surface area contributed by atoms with Gasteiger partial charge in [0.2, 0.25) is 0 Å². The summed E-state index contributed by atoms with van der Waals surface area (Å²) in [6.07, 6.45) is 0.764. The van der Waals surface area contributed by atoms with Crippen molar-refractivity contribution in [3.05, 3.63) is 35.4 Å². The van der Waals surface area contributed by atoms with Crippen LogP contribution in [0.15, 0.2) is 24.3 Å². The third-order valence-electron chi connectivity index (χ3n) is 3.21. The van der Waals surface area contributed by atoms with E-state index < -0.39 is 5.60 Å². The Balaban J connectivity index is 2.60. The summed E-state index contributed by atoms with van der Waals surface area (Å²) in [6.45, 7) is 8.74. The molecule has 0 fully saturated rings. The van der Waals surface area contributed by atoms with Gasteiger partial charge in [0.15, 0.2) is 0 Å². The first-order chi connectivity index (χ1) is 7.46. The molecule has 0 saturated heterocycles. The molecular weight excluding hydrogens is 198 g/mol. The second-order valence-electron chi connectivity index (χ2n) is 4.81. The van der Waals surface area contributed by atoms with E-state index in [0.717, 1.165) is 6.42 Å². The minimum Gasteiger partial charge on any atom is -0.389 e. The molecule has 90 valence electrons. The van der Waals surface area contributed by atoms with Gasteiger partial charge in [-0.3, -0.25) is 0 Å². The van der Waals surface area contributed by atoms with E-state index in [1.54, 1.807) is 0 Å². The first kappa shape index (κ1) is 13.2. The number of nitrogens with one attached hydrogen (secondary N) is 1. The average Bonchev–Trinajstić information content (AvgIpc) is 2.27. The second kappa shape index (κ2) is 5.46. The van der Waals surface area contributed by atoms with Crippen LogP contribution in [0.25, 0.3) is 0 Å². The summed E-state index contributed by atoms with van der Waals surface area (Å²) >= 11 is 0. The molecule has 16 heavy (non-hydrogen) atoms. The number of benzene rings is 1. The fourth-order valence-corrected chi connectivity index (χ4v) is 1.68. The molecule has 0 aromatic heterocycles. The molecule has 2 N–H and O–H groups in total. The minimum absolute atomic E-state index is 0.277. The van der Waals surface area contributed by atoms with Gasteiger partial charge in [-0.1, -0.05) is 31.2 Å². The van der Waals surface area contributed by atoms with E-state index in [-0.39, 0.29) is 6.04 Å². The van der Waals surface area contributed by atoms with Crippen molar-refractivity contribution in [2.45, 2.75) is 45.8 Å². The van der Waals surface area contributed by atoms with Gasteiger partial charge in [-0.05, 0) is 38.3 Å². The largest absolute Gasteiger partial charge is 0.389 e. The van der Waals surface area contributed by atoms with Crippen LogP contribution >= 0.6 is 0 Å². The molecule has 0 bridgehead atoms. The lowest BCUT2D eigenvalue weighted by Crippen LogP contribution is -2.38. The number of aliphatic hydroxyl groups is 1. The van der Waals surface area contributed by atoms with Crippen molar-refractivity contribution in [1.29, 1.82) is 0 Å². The van der Waals surface area contributed by atoms with Crippen LogP contribution in [0, 0.1) is 6.92 Å². The van der Waals surface area contributed by atoms with Crippen LogP contribution in [-0.2, 0) is 0 Å². The Morgan fingerprint density at radius 2 is 2.00 bits per heavy atom. The standard InChI is InChI=1S/C14H23NO/c1-5-14(4,16)10-15-12(3)13-9-7-6-8-11(13)2/h6-9,12,15-16H,5,10H2,1-4H3. The summed E-state index contributed by atoms with van der Waals surface area (Å²) in [4.78, 5) is 0. The fourth-order valence-electron chi connectivity index (χ4n) is 1.68. The number of aryl methyl sites for hydroxylation is 1.